The van der Waals surface area contributed by atoms with Gasteiger partial charge in [0.15, 0.2) is 5.16 Å². The molecule has 5 nitrogen and oxygen atoms in total. The molecule has 1 aromatic heterocycles. The summed E-state index contributed by atoms with van der Waals surface area (Å²) in [6, 6.07) is 7.98. The fourth-order valence-corrected chi connectivity index (χ4v) is 4.17. The van der Waals surface area contributed by atoms with Crippen LogP contribution in [0.1, 0.15) is 55.8 Å². The Morgan fingerprint density at radius 1 is 1.21 bits per heavy atom. The van der Waals surface area contributed by atoms with Crippen LogP contribution in [0.5, 0.6) is 0 Å². The fourth-order valence-electron chi connectivity index (χ4n) is 2.96. The highest BCUT2D eigenvalue weighted by Gasteiger charge is 2.13. The second-order valence-electron chi connectivity index (χ2n) is 7.13. The molecule has 0 saturated heterocycles. The van der Waals surface area contributed by atoms with Crippen molar-refractivity contribution in [3.8, 4) is 0 Å². The molecule has 1 aromatic carbocycles. The van der Waals surface area contributed by atoms with Crippen molar-refractivity contribution in [3.63, 3.8) is 0 Å². The number of benzene rings is 1. The number of carbonyl (C=O) groups excluding carboxylic acids is 1. The lowest BCUT2D eigenvalue weighted by Crippen LogP contribution is -2.26. The summed E-state index contributed by atoms with van der Waals surface area (Å²) >= 11 is 4.96. The number of hydrogen-bond acceptors (Lipinski definition) is 4. The summed E-state index contributed by atoms with van der Waals surface area (Å²) in [6.07, 6.45) is 5.18. The number of rotatable bonds is 11. The number of hydrogen-bond donors (Lipinski definition) is 1. The molecular weight excluding hydrogens is 450 g/mol. The Kier molecular flexibility index (Phi) is 9.94. The van der Waals surface area contributed by atoms with Gasteiger partial charge >= 0.3 is 0 Å². The van der Waals surface area contributed by atoms with Gasteiger partial charge in [0.05, 0.1) is 0 Å². The maximum Gasteiger partial charge on any atom is 0.257 e. The minimum atomic E-state index is -0.00316. The van der Waals surface area contributed by atoms with Gasteiger partial charge in [0.2, 0.25) is 5.91 Å². The van der Waals surface area contributed by atoms with Gasteiger partial charge in [0, 0.05) is 47.9 Å². The van der Waals surface area contributed by atoms with Crippen LogP contribution in [0.4, 0.5) is 0 Å². The highest BCUT2D eigenvalue weighted by atomic mass is 79.9. The number of halogens is 1. The molecule has 0 spiro atoms. The molecular formula is C22H30BrN3O2S. The number of nitrogens with zero attached hydrogens (tertiary/aromatic N) is 2. The molecule has 1 heterocycles. The smallest absolute Gasteiger partial charge is 0.257 e. The first-order valence-electron chi connectivity index (χ1n) is 10.1. The Morgan fingerprint density at radius 2 is 1.93 bits per heavy atom. The van der Waals surface area contributed by atoms with Crippen molar-refractivity contribution < 1.29 is 4.79 Å². The molecule has 0 fully saturated rings. The van der Waals surface area contributed by atoms with E-state index in [0.717, 1.165) is 59.3 Å². The minimum Gasteiger partial charge on any atom is -0.356 e. The number of unbranched alkanes of at least 4 members (excludes halogenated alkanes) is 2. The molecule has 2 aromatic rings. The number of thioether (sulfide) groups is 1. The fraction of sp³-hybridized carbons (Fsp3) is 0.500. The lowest BCUT2D eigenvalue weighted by Gasteiger charge is -2.12. The van der Waals surface area contributed by atoms with Gasteiger partial charge in [-0.15, -0.1) is 0 Å². The van der Waals surface area contributed by atoms with Crippen LogP contribution in [0.15, 0.2) is 38.7 Å². The van der Waals surface area contributed by atoms with Gasteiger partial charge in [-0.25, -0.2) is 4.98 Å². The van der Waals surface area contributed by atoms with E-state index in [1.165, 1.54) is 11.8 Å². The van der Waals surface area contributed by atoms with Gasteiger partial charge in [-0.05, 0) is 37.5 Å². The predicted octanol–water partition coefficient (Wildman–Crippen LogP) is 4.62. The third-order valence-electron chi connectivity index (χ3n) is 4.73. The highest BCUT2D eigenvalue weighted by Crippen LogP contribution is 2.19. The normalized spacial score (nSPS) is 10.9. The summed E-state index contributed by atoms with van der Waals surface area (Å²) in [5, 5.41) is 3.66. The van der Waals surface area contributed by atoms with E-state index < -0.39 is 0 Å². The van der Waals surface area contributed by atoms with Crippen LogP contribution < -0.4 is 10.9 Å². The SMILES string of the molecule is CCCCCNC(=O)CCCSc1nc(C)c(Cc2ccc(Br)cc2)c(=O)n1C. The van der Waals surface area contributed by atoms with Crippen molar-refractivity contribution in [1.82, 2.24) is 14.9 Å². The molecule has 0 atom stereocenters. The zero-order valence-corrected chi connectivity index (χ0v) is 19.9. The zero-order chi connectivity index (χ0) is 21.2. The molecule has 2 rings (SSSR count). The van der Waals surface area contributed by atoms with Crippen molar-refractivity contribution >= 4 is 33.6 Å². The molecule has 29 heavy (non-hydrogen) atoms. The van der Waals surface area contributed by atoms with E-state index in [9.17, 15) is 9.59 Å². The van der Waals surface area contributed by atoms with Gasteiger partial charge < -0.3 is 5.32 Å². The van der Waals surface area contributed by atoms with Crippen molar-refractivity contribution in [2.45, 2.75) is 57.5 Å². The Balaban J connectivity index is 1.89. The van der Waals surface area contributed by atoms with Crippen LogP contribution in [0, 0.1) is 6.92 Å². The third kappa shape index (κ3) is 7.63. The molecule has 0 radical (unpaired) electrons. The molecule has 0 saturated carbocycles. The van der Waals surface area contributed by atoms with E-state index >= 15 is 0 Å². The summed E-state index contributed by atoms with van der Waals surface area (Å²) in [4.78, 5) is 29.3. The van der Waals surface area contributed by atoms with Crippen molar-refractivity contribution in [1.29, 1.82) is 0 Å². The Hall–Kier alpha value is -1.60. The topological polar surface area (TPSA) is 64.0 Å². The first-order chi connectivity index (χ1) is 13.9. The molecule has 1 N–H and O–H groups in total. The molecule has 1 amide bonds. The second kappa shape index (κ2) is 12.2. The molecule has 0 unspecified atom stereocenters. The largest absolute Gasteiger partial charge is 0.356 e. The molecule has 7 heteroatoms. The van der Waals surface area contributed by atoms with Gasteiger partial charge in [0.25, 0.3) is 5.56 Å². The second-order valence-corrected chi connectivity index (χ2v) is 9.11. The quantitative estimate of drug-likeness (QED) is 0.290. The van der Waals surface area contributed by atoms with Crippen molar-refractivity contribution in [3.05, 3.63) is 55.9 Å². The van der Waals surface area contributed by atoms with Crippen LogP contribution in [0.3, 0.4) is 0 Å². The summed E-state index contributed by atoms with van der Waals surface area (Å²) in [7, 11) is 1.77. The maximum absolute atomic E-state index is 12.8. The summed E-state index contributed by atoms with van der Waals surface area (Å²) in [5.74, 6) is 0.860. The molecule has 0 aliphatic heterocycles. The number of nitrogens with one attached hydrogen (secondary N) is 1. The maximum atomic E-state index is 12.8. The van der Waals surface area contributed by atoms with E-state index in [-0.39, 0.29) is 11.5 Å². The standard InChI is InChI=1S/C22H30BrN3O2S/c1-4-5-6-13-24-20(27)8-7-14-29-22-25-16(2)19(21(28)26(22)3)15-17-9-11-18(23)12-10-17/h9-12H,4-8,13-15H2,1-3H3,(H,24,27). The third-order valence-corrected chi connectivity index (χ3v) is 6.37. The van der Waals surface area contributed by atoms with Gasteiger partial charge in [-0.1, -0.05) is 59.6 Å². The Bertz CT molecular complexity index is 866. The van der Waals surface area contributed by atoms with Crippen LogP contribution in [-0.4, -0.2) is 27.8 Å². The van der Waals surface area contributed by atoms with Crippen molar-refractivity contribution in [2.24, 2.45) is 7.05 Å². The van der Waals surface area contributed by atoms with E-state index in [1.807, 2.05) is 31.2 Å². The molecule has 0 aliphatic rings. The van der Waals surface area contributed by atoms with Crippen LogP contribution >= 0.6 is 27.7 Å². The summed E-state index contributed by atoms with van der Waals surface area (Å²) < 4.78 is 2.64. The van der Waals surface area contributed by atoms with Gasteiger partial charge in [0.1, 0.15) is 0 Å². The minimum absolute atomic E-state index is 0.00316. The number of amides is 1. The summed E-state index contributed by atoms with van der Waals surface area (Å²) in [5.41, 5.74) is 2.58. The van der Waals surface area contributed by atoms with Gasteiger partial charge in [-0.3, -0.25) is 14.2 Å². The first-order valence-corrected chi connectivity index (χ1v) is 11.9. The van der Waals surface area contributed by atoms with E-state index in [2.05, 4.69) is 33.2 Å². The van der Waals surface area contributed by atoms with Crippen LogP contribution in [-0.2, 0) is 18.3 Å². The van der Waals surface area contributed by atoms with E-state index in [1.54, 1.807) is 11.6 Å². The van der Waals surface area contributed by atoms with E-state index in [0.29, 0.717) is 18.0 Å². The Morgan fingerprint density at radius 3 is 2.62 bits per heavy atom. The average molecular weight is 480 g/mol. The number of aromatic nitrogens is 2. The van der Waals surface area contributed by atoms with Crippen molar-refractivity contribution in [2.75, 3.05) is 12.3 Å². The lowest BCUT2D eigenvalue weighted by molar-refractivity contribution is -0.121. The van der Waals surface area contributed by atoms with E-state index in [4.69, 9.17) is 0 Å². The Labute approximate surface area is 185 Å². The predicted molar refractivity (Wildman–Crippen MR) is 124 cm³/mol. The molecule has 0 aliphatic carbocycles. The first kappa shape index (κ1) is 23.7. The number of carbonyl (C=O) groups is 1. The lowest BCUT2D eigenvalue weighted by atomic mass is 10.1. The van der Waals surface area contributed by atoms with Crippen LogP contribution in [0.2, 0.25) is 0 Å². The highest BCUT2D eigenvalue weighted by molar-refractivity contribution is 9.10. The monoisotopic (exact) mass is 479 g/mol. The average Bonchev–Trinajstić information content (AvgIpc) is 2.71. The summed E-state index contributed by atoms with van der Waals surface area (Å²) in [6.45, 7) is 4.80. The molecule has 0 bridgehead atoms. The van der Waals surface area contributed by atoms with Gasteiger partial charge in [-0.2, -0.15) is 0 Å². The van der Waals surface area contributed by atoms with Crippen LogP contribution in [0.25, 0.3) is 0 Å². The zero-order valence-electron chi connectivity index (χ0n) is 17.5. The number of aryl methyl sites for hydroxylation is 1. The molecule has 158 valence electrons.